The van der Waals surface area contributed by atoms with Gasteiger partial charge in [-0.3, -0.25) is 0 Å². The van der Waals surface area contributed by atoms with Crippen molar-refractivity contribution >= 4 is 11.8 Å². The van der Waals surface area contributed by atoms with Crippen LogP contribution in [0.25, 0.3) is 0 Å². The summed E-state index contributed by atoms with van der Waals surface area (Å²) in [4.78, 5) is 0. The van der Waals surface area contributed by atoms with E-state index in [1.807, 2.05) is 0 Å². The van der Waals surface area contributed by atoms with Gasteiger partial charge in [-0.05, 0) is 60.9 Å². The van der Waals surface area contributed by atoms with Crippen LogP contribution in [0.2, 0.25) is 0 Å². The van der Waals surface area contributed by atoms with E-state index < -0.39 is 0 Å². The first-order valence-corrected chi connectivity index (χ1v) is 7.31. The molecular weight excluding hydrogens is 190 g/mol. The highest BCUT2D eigenvalue weighted by Crippen LogP contribution is 2.52. The lowest BCUT2D eigenvalue weighted by Gasteiger charge is -2.33. The van der Waals surface area contributed by atoms with Gasteiger partial charge in [-0.2, -0.15) is 11.8 Å². The molecular formula is C12H21NS. The summed E-state index contributed by atoms with van der Waals surface area (Å²) < 4.78 is 0. The van der Waals surface area contributed by atoms with Crippen molar-refractivity contribution in [2.75, 3.05) is 11.5 Å². The smallest absolute Gasteiger partial charge is 0.00855 e. The Morgan fingerprint density at radius 2 is 2.00 bits per heavy atom. The fourth-order valence-corrected chi connectivity index (χ4v) is 4.24. The fraction of sp³-hybridized carbons (Fsp3) is 1.00. The minimum Gasteiger partial charge on any atom is -0.327 e. The highest BCUT2D eigenvalue weighted by atomic mass is 32.2. The van der Waals surface area contributed by atoms with Crippen LogP contribution in [-0.2, 0) is 0 Å². The van der Waals surface area contributed by atoms with E-state index in [1.54, 1.807) is 6.42 Å². The van der Waals surface area contributed by atoms with Crippen molar-refractivity contribution in [1.82, 2.24) is 0 Å². The summed E-state index contributed by atoms with van der Waals surface area (Å²) in [5.74, 6) is 6.77. The molecule has 0 spiro atoms. The molecule has 1 saturated heterocycles. The van der Waals surface area contributed by atoms with Crippen molar-refractivity contribution < 1.29 is 0 Å². The molecule has 2 aliphatic carbocycles. The SMILES string of the molecule is NC(CC1CCC2CC2C1)C1CSC1. The van der Waals surface area contributed by atoms with Crippen molar-refractivity contribution in [3.05, 3.63) is 0 Å². The Bertz CT molecular complexity index is 214. The Morgan fingerprint density at radius 3 is 2.64 bits per heavy atom. The van der Waals surface area contributed by atoms with Crippen LogP contribution in [0.1, 0.15) is 32.1 Å². The van der Waals surface area contributed by atoms with E-state index in [0.29, 0.717) is 6.04 Å². The van der Waals surface area contributed by atoms with Crippen molar-refractivity contribution in [3.8, 4) is 0 Å². The van der Waals surface area contributed by atoms with E-state index in [-0.39, 0.29) is 0 Å². The minimum absolute atomic E-state index is 0.525. The third kappa shape index (κ3) is 1.83. The van der Waals surface area contributed by atoms with E-state index in [2.05, 4.69) is 11.8 Å². The second kappa shape index (κ2) is 3.71. The molecule has 4 unspecified atom stereocenters. The number of thioether (sulfide) groups is 1. The maximum atomic E-state index is 6.26. The molecule has 3 rings (SSSR count). The molecule has 3 fully saturated rings. The molecule has 2 saturated carbocycles. The van der Waals surface area contributed by atoms with Crippen molar-refractivity contribution in [2.24, 2.45) is 29.4 Å². The molecule has 3 aliphatic rings. The summed E-state index contributed by atoms with van der Waals surface area (Å²) in [5, 5.41) is 0. The number of fused-ring (bicyclic) bond motifs is 1. The summed E-state index contributed by atoms with van der Waals surface area (Å²) >= 11 is 2.06. The summed E-state index contributed by atoms with van der Waals surface area (Å²) in [6, 6.07) is 0.525. The predicted octanol–water partition coefficient (Wildman–Crippen LogP) is 2.50. The summed E-state index contributed by atoms with van der Waals surface area (Å²) in [6.07, 6.45) is 7.38. The quantitative estimate of drug-likeness (QED) is 0.776. The predicted molar refractivity (Wildman–Crippen MR) is 62.3 cm³/mol. The molecule has 14 heavy (non-hydrogen) atoms. The van der Waals surface area contributed by atoms with Gasteiger partial charge in [0.2, 0.25) is 0 Å². The molecule has 4 atom stereocenters. The molecule has 0 aromatic carbocycles. The lowest BCUT2D eigenvalue weighted by molar-refractivity contribution is 0.283. The second-order valence-corrected chi connectivity index (χ2v) is 6.71. The Hall–Kier alpha value is 0.310. The first-order valence-electron chi connectivity index (χ1n) is 6.16. The molecule has 80 valence electrons. The Kier molecular flexibility index (Phi) is 2.53. The van der Waals surface area contributed by atoms with Gasteiger partial charge >= 0.3 is 0 Å². The van der Waals surface area contributed by atoms with E-state index in [0.717, 1.165) is 23.7 Å². The first-order chi connectivity index (χ1) is 6.83. The average Bonchev–Trinajstić information content (AvgIpc) is 2.78. The van der Waals surface area contributed by atoms with Crippen LogP contribution in [0.4, 0.5) is 0 Å². The molecule has 0 amide bonds. The standard InChI is InChI=1S/C12H21NS/c13-12(11-6-14-7-11)4-8-1-2-9-5-10(9)3-8/h8-12H,1-7,13H2. The van der Waals surface area contributed by atoms with E-state index >= 15 is 0 Å². The van der Waals surface area contributed by atoms with Crippen molar-refractivity contribution in [1.29, 1.82) is 0 Å². The van der Waals surface area contributed by atoms with Gasteiger partial charge in [0.05, 0.1) is 0 Å². The van der Waals surface area contributed by atoms with Gasteiger partial charge in [0, 0.05) is 6.04 Å². The fourth-order valence-electron chi connectivity index (χ4n) is 3.24. The van der Waals surface area contributed by atoms with Gasteiger partial charge in [0.1, 0.15) is 0 Å². The number of hydrogen-bond donors (Lipinski definition) is 1. The molecule has 2 N–H and O–H groups in total. The maximum Gasteiger partial charge on any atom is 0.00855 e. The lowest BCUT2D eigenvalue weighted by Crippen LogP contribution is -2.40. The Balaban J connectivity index is 1.46. The molecule has 1 aliphatic heterocycles. The van der Waals surface area contributed by atoms with Gasteiger partial charge in [-0.1, -0.05) is 6.42 Å². The third-order valence-corrected chi connectivity index (χ3v) is 5.85. The van der Waals surface area contributed by atoms with Crippen molar-refractivity contribution in [2.45, 2.75) is 38.1 Å². The zero-order valence-corrected chi connectivity index (χ0v) is 9.64. The zero-order chi connectivity index (χ0) is 9.54. The van der Waals surface area contributed by atoms with Crippen LogP contribution in [-0.4, -0.2) is 17.5 Å². The lowest BCUT2D eigenvalue weighted by atomic mass is 9.82. The number of rotatable bonds is 3. The molecule has 1 heterocycles. The molecule has 0 aromatic rings. The van der Waals surface area contributed by atoms with E-state index in [1.165, 1.54) is 37.2 Å². The topological polar surface area (TPSA) is 26.0 Å². The molecule has 0 radical (unpaired) electrons. The van der Waals surface area contributed by atoms with Gasteiger partial charge in [-0.15, -0.1) is 0 Å². The van der Waals surface area contributed by atoms with Crippen LogP contribution in [0.3, 0.4) is 0 Å². The van der Waals surface area contributed by atoms with Crippen LogP contribution < -0.4 is 5.73 Å². The molecule has 0 aromatic heterocycles. The van der Waals surface area contributed by atoms with E-state index in [4.69, 9.17) is 5.73 Å². The minimum atomic E-state index is 0.525. The van der Waals surface area contributed by atoms with Gasteiger partial charge in [-0.25, -0.2) is 0 Å². The Labute approximate surface area is 91.2 Å². The average molecular weight is 211 g/mol. The highest BCUT2D eigenvalue weighted by Gasteiger charge is 2.42. The molecule has 1 nitrogen and oxygen atoms in total. The summed E-state index contributed by atoms with van der Waals surface area (Å²) in [7, 11) is 0. The highest BCUT2D eigenvalue weighted by molar-refractivity contribution is 8.00. The maximum absolute atomic E-state index is 6.26. The molecule has 0 bridgehead atoms. The van der Waals surface area contributed by atoms with Crippen LogP contribution >= 0.6 is 11.8 Å². The third-order valence-electron chi connectivity index (χ3n) is 4.53. The largest absolute Gasteiger partial charge is 0.327 e. The molecule has 2 heteroatoms. The number of nitrogens with two attached hydrogens (primary N) is 1. The monoisotopic (exact) mass is 211 g/mol. The first kappa shape index (κ1) is 9.53. The van der Waals surface area contributed by atoms with Crippen LogP contribution in [0.5, 0.6) is 0 Å². The van der Waals surface area contributed by atoms with Crippen LogP contribution in [0.15, 0.2) is 0 Å². The van der Waals surface area contributed by atoms with Gasteiger partial charge in [0.25, 0.3) is 0 Å². The second-order valence-electron chi connectivity index (χ2n) is 5.63. The number of hydrogen-bond acceptors (Lipinski definition) is 2. The summed E-state index contributed by atoms with van der Waals surface area (Å²) in [6.45, 7) is 0. The van der Waals surface area contributed by atoms with Crippen molar-refractivity contribution in [3.63, 3.8) is 0 Å². The zero-order valence-electron chi connectivity index (χ0n) is 8.82. The normalized spacial score (nSPS) is 43.9. The van der Waals surface area contributed by atoms with E-state index in [9.17, 15) is 0 Å². The Morgan fingerprint density at radius 1 is 1.14 bits per heavy atom. The van der Waals surface area contributed by atoms with Crippen LogP contribution in [0, 0.1) is 23.7 Å². The summed E-state index contributed by atoms with van der Waals surface area (Å²) in [5.41, 5.74) is 6.26. The van der Waals surface area contributed by atoms with Gasteiger partial charge < -0.3 is 5.73 Å². The van der Waals surface area contributed by atoms with Gasteiger partial charge in [0.15, 0.2) is 0 Å².